The summed E-state index contributed by atoms with van der Waals surface area (Å²) in [6, 6.07) is 21.0. The molecule has 1 saturated carbocycles. The minimum Gasteiger partial charge on any atom is -0.650 e. The number of fused-ring (bicyclic) bond motifs is 1. The lowest BCUT2D eigenvalue weighted by atomic mass is 9.77. The second-order valence-corrected chi connectivity index (χ2v) is 13.3. The van der Waals surface area contributed by atoms with Crippen molar-refractivity contribution >= 4 is 13.6 Å². The Balaban J connectivity index is 1.74. The van der Waals surface area contributed by atoms with Crippen molar-refractivity contribution in [1.29, 1.82) is 0 Å². The van der Waals surface area contributed by atoms with Gasteiger partial charge >= 0.3 is 0 Å². The van der Waals surface area contributed by atoms with Gasteiger partial charge in [-0.15, -0.1) is 6.58 Å². The first kappa shape index (κ1) is 25.3. The first-order valence-electron chi connectivity index (χ1n) is 12.6. The molecule has 0 spiro atoms. The molecular formula is C29H39N2O2P. The lowest BCUT2D eigenvalue weighted by Gasteiger charge is -2.42. The maximum atomic E-state index is 15.2. The number of hydrogen-bond donors (Lipinski definition) is 0. The zero-order chi connectivity index (χ0) is 24.3. The van der Waals surface area contributed by atoms with Gasteiger partial charge in [0.25, 0.3) is 0 Å². The van der Waals surface area contributed by atoms with Crippen molar-refractivity contribution in [3.63, 3.8) is 0 Å². The van der Waals surface area contributed by atoms with E-state index in [4.69, 9.17) is 0 Å². The van der Waals surface area contributed by atoms with Crippen LogP contribution >= 0.6 is 7.79 Å². The van der Waals surface area contributed by atoms with Crippen LogP contribution in [0.1, 0.15) is 57.6 Å². The maximum absolute atomic E-state index is 15.2. The third-order valence-corrected chi connectivity index (χ3v) is 11.4. The van der Waals surface area contributed by atoms with Gasteiger partial charge in [-0.2, -0.15) is 9.34 Å². The molecule has 1 aliphatic heterocycles. The van der Waals surface area contributed by atoms with Crippen LogP contribution in [0.2, 0.25) is 0 Å². The Labute approximate surface area is 206 Å². The SMILES string of the molecule is C=C[C@H](C)C(C)(C)C(=O)C[P+]1([O-])N(Cc2ccccc2)C2CCCCC2N1Cc1ccccc1. The molecule has 34 heavy (non-hydrogen) atoms. The Kier molecular flexibility index (Phi) is 7.74. The van der Waals surface area contributed by atoms with Crippen LogP contribution < -0.4 is 4.89 Å². The van der Waals surface area contributed by atoms with Crippen LogP contribution in [0.25, 0.3) is 0 Å². The summed E-state index contributed by atoms with van der Waals surface area (Å²) in [4.78, 5) is 29.0. The van der Waals surface area contributed by atoms with E-state index in [1.165, 1.54) is 0 Å². The minimum atomic E-state index is -3.15. The monoisotopic (exact) mass is 478 g/mol. The molecule has 0 amide bonds. The smallest absolute Gasteiger partial charge is 0.179 e. The summed E-state index contributed by atoms with van der Waals surface area (Å²) in [6.45, 7) is 11.1. The highest BCUT2D eigenvalue weighted by atomic mass is 31.2. The number of hydrogen-bond acceptors (Lipinski definition) is 4. The standard InChI is InChI=1S/C29H39N2O2P/c1-5-23(2)29(3,4)28(32)22-34(33)30(20-24-14-8-6-9-15-24)26-18-12-13-19-27(26)31(34)21-25-16-10-7-11-17-25/h5-11,14-17,23,26-27H,1,12-13,18-22H2,2-4H3/t23-,26?,27?,34?/m0/s1. The second-order valence-electron chi connectivity index (χ2n) is 10.6. The fourth-order valence-electron chi connectivity index (χ4n) is 5.52. The Morgan fingerprint density at radius 3 is 1.85 bits per heavy atom. The van der Waals surface area contributed by atoms with E-state index in [1.807, 2.05) is 63.2 Å². The Morgan fingerprint density at radius 1 is 1.00 bits per heavy atom. The van der Waals surface area contributed by atoms with Crippen LogP contribution in [0.3, 0.4) is 0 Å². The number of allylic oxidation sites excluding steroid dienone is 1. The molecule has 1 heterocycles. The molecule has 1 aliphatic carbocycles. The number of rotatable bonds is 9. The maximum Gasteiger partial charge on any atom is 0.179 e. The topological polar surface area (TPSA) is 46.6 Å². The highest BCUT2D eigenvalue weighted by Gasteiger charge is 2.60. The lowest BCUT2D eigenvalue weighted by Crippen LogP contribution is -2.43. The average Bonchev–Trinajstić information content (AvgIpc) is 3.07. The molecule has 2 aromatic rings. The molecule has 182 valence electrons. The highest BCUT2D eigenvalue weighted by molar-refractivity contribution is 7.65. The number of ketones is 1. The van der Waals surface area contributed by atoms with Gasteiger partial charge in [-0.05, 0) is 29.9 Å². The molecule has 5 heteroatoms. The van der Waals surface area contributed by atoms with E-state index in [0.717, 1.165) is 36.8 Å². The number of carbonyl (C=O) groups is 1. The van der Waals surface area contributed by atoms with Crippen molar-refractivity contribution in [1.82, 2.24) is 9.34 Å². The Hall–Kier alpha value is -1.84. The molecular weight excluding hydrogens is 439 g/mol. The van der Waals surface area contributed by atoms with Crippen LogP contribution in [0.4, 0.5) is 0 Å². The minimum absolute atomic E-state index is 0.0154. The molecule has 2 fully saturated rings. The Morgan fingerprint density at radius 2 is 1.44 bits per heavy atom. The zero-order valence-corrected chi connectivity index (χ0v) is 21.8. The van der Waals surface area contributed by atoms with E-state index in [2.05, 4.69) is 40.2 Å². The van der Waals surface area contributed by atoms with Gasteiger partial charge in [-0.25, -0.2) is 0 Å². The molecule has 0 aromatic heterocycles. The third kappa shape index (κ3) is 4.93. The van der Waals surface area contributed by atoms with Gasteiger partial charge in [0.2, 0.25) is 0 Å². The van der Waals surface area contributed by atoms with Gasteiger partial charge in [0.1, 0.15) is 14.0 Å². The first-order chi connectivity index (χ1) is 16.3. The molecule has 1 saturated heterocycles. The molecule has 0 N–H and O–H groups in total. The van der Waals surface area contributed by atoms with Crippen LogP contribution in [0.15, 0.2) is 73.3 Å². The van der Waals surface area contributed by atoms with Crippen molar-refractivity contribution in [2.45, 2.75) is 71.6 Å². The molecule has 4 nitrogen and oxygen atoms in total. The van der Waals surface area contributed by atoms with Crippen LogP contribution in [0.5, 0.6) is 0 Å². The van der Waals surface area contributed by atoms with Gasteiger partial charge in [-0.1, -0.05) is 100 Å². The van der Waals surface area contributed by atoms with Gasteiger partial charge in [0, 0.05) is 5.41 Å². The van der Waals surface area contributed by atoms with Crippen molar-refractivity contribution < 1.29 is 9.69 Å². The fourth-order valence-corrected chi connectivity index (χ4v) is 9.19. The largest absolute Gasteiger partial charge is 0.650 e. The van der Waals surface area contributed by atoms with Crippen LogP contribution in [-0.2, 0) is 17.9 Å². The van der Waals surface area contributed by atoms with E-state index in [9.17, 15) is 4.79 Å². The van der Waals surface area contributed by atoms with Gasteiger partial charge in [0.05, 0.1) is 25.2 Å². The fraction of sp³-hybridized carbons (Fsp3) is 0.483. The predicted molar refractivity (Wildman–Crippen MR) is 140 cm³/mol. The summed E-state index contributed by atoms with van der Waals surface area (Å²) in [7, 11) is -3.15. The third-order valence-electron chi connectivity index (χ3n) is 8.20. The molecule has 0 radical (unpaired) electrons. The van der Waals surface area contributed by atoms with Crippen LogP contribution in [-0.4, -0.2) is 33.4 Å². The summed E-state index contributed by atoms with van der Waals surface area (Å²) in [5, 5.41) is 0. The summed E-state index contributed by atoms with van der Waals surface area (Å²) in [5.41, 5.74) is 1.70. The lowest BCUT2D eigenvalue weighted by molar-refractivity contribution is -0.192. The molecule has 2 unspecified atom stereocenters. The number of benzene rings is 2. The van der Waals surface area contributed by atoms with Gasteiger partial charge in [-0.3, -0.25) is 4.79 Å². The first-order valence-corrected chi connectivity index (χ1v) is 14.4. The second kappa shape index (κ2) is 10.4. The van der Waals surface area contributed by atoms with E-state index in [0.29, 0.717) is 13.1 Å². The number of Topliss-reactive ketones (excluding diaryl/α,β-unsaturated/α-hetero) is 1. The molecule has 0 bridgehead atoms. The molecule has 4 rings (SSSR count). The highest BCUT2D eigenvalue weighted by Crippen LogP contribution is 2.68. The Bertz CT molecular complexity index is 921. The van der Waals surface area contributed by atoms with E-state index in [1.54, 1.807) is 0 Å². The summed E-state index contributed by atoms with van der Waals surface area (Å²) in [6.07, 6.45) is 6.30. The van der Waals surface area contributed by atoms with Gasteiger partial charge in [0.15, 0.2) is 5.78 Å². The summed E-state index contributed by atoms with van der Waals surface area (Å²) in [5.74, 6) is 0.0830. The van der Waals surface area contributed by atoms with Crippen molar-refractivity contribution in [2.75, 3.05) is 6.16 Å². The number of nitrogens with zero attached hydrogens (tertiary/aromatic N) is 2. The predicted octanol–water partition coefficient (Wildman–Crippen LogP) is 5.86. The molecule has 2 aliphatic rings. The van der Waals surface area contributed by atoms with E-state index >= 15 is 4.89 Å². The summed E-state index contributed by atoms with van der Waals surface area (Å²) < 4.78 is 4.48. The van der Waals surface area contributed by atoms with Crippen molar-refractivity contribution in [3.8, 4) is 0 Å². The van der Waals surface area contributed by atoms with Crippen molar-refractivity contribution in [2.24, 2.45) is 11.3 Å². The van der Waals surface area contributed by atoms with E-state index < -0.39 is 13.2 Å². The molecule has 2 aromatic carbocycles. The number of carbonyl (C=O) groups excluding carboxylic acids is 1. The average molecular weight is 479 g/mol. The normalized spacial score (nSPS) is 26.7. The zero-order valence-electron chi connectivity index (χ0n) is 20.9. The molecule has 3 atom stereocenters. The van der Waals surface area contributed by atoms with E-state index in [-0.39, 0.29) is 29.9 Å². The quantitative estimate of drug-likeness (QED) is 0.335. The van der Waals surface area contributed by atoms with Crippen molar-refractivity contribution in [3.05, 3.63) is 84.4 Å². The van der Waals surface area contributed by atoms with Crippen LogP contribution in [0, 0.1) is 11.3 Å². The summed E-state index contributed by atoms with van der Waals surface area (Å²) >= 11 is 0. The van der Waals surface area contributed by atoms with Gasteiger partial charge < -0.3 is 4.89 Å².